The average molecular weight is 992 g/mol. The molecule has 0 rings (SSSR count). The fraction of sp³-hybridized carbons (Fsp3) is 0.538. The molecule has 0 heterocycles. The van der Waals surface area contributed by atoms with Crippen LogP contribution >= 0.6 is 0 Å². The Morgan fingerprint density at radius 2 is 0.423 bits per heavy atom. The van der Waals surface area contributed by atoms with Crippen LogP contribution in [0, 0.1) is 0 Å². The Bertz CT molecular complexity index is 1990. The van der Waals surface area contributed by atoms with Crippen molar-refractivity contribution in [3.05, 3.63) is 97.2 Å². The van der Waals surface area contributed by atoms with Gasteiger partial charge in [0.1, 0.15) is 0 Å². The fourth-order valence-corrected chi connectivity index (χ4v) is 6.53. The molecular weight excluding hydrogens is 907 g/mol. The van der Waals surface area contributed by atoms with E-state index in [9.17, 15) is 38.4 Å². The summed E-state index contributed by atoms with van der Waals surface area (Å²) in [6, 6.07) is 0. The molecule has 0 aliphatic heterocycles. The van der Waals surface area contributed by atoms with Crippen LogP contribution in [0.1, 0.15) is 55.4 Å². The van der Waals surface area contributed by atoms with Crippen LogP contribution in [0.3, 0.4) is 0 Å². The summed E-state index contributed by atoms with van der Waals surface area (Å²) >= 11 is 0. The van der Waals surface area contributed by atoms with Gasteiger partial charge < -0.3 is 56.0 Å². The molecule has 0 fully saturated rings. The summed E-state index contributed by atoms with van der Waals surface area (Å²) in [5, 5.41) is 15.2. The van der Waals surface area contributed by atoms with Crippen molar-refractivity contribution in [2.45, 2.75) is 55.4 Å². The predicted molar refractivity (Wildman–Crippen MR) is 283 cm³/mol. The van der Waals surface area contributed by atoms with Crippen molar-refractivity contribution < 1.29 is 38.4 Å². The molecule has 19 heteroatoms. The van der Waals surface area contributed by atoms with E-state index in [1.165, 1.54) is 19.6 Å². The summed E-state index contributed by atoms with van der Waals surface area (Å²) in [6.45, 7) is 48.6. The Labute approximate surface area is 423 Å². The number of nitrogens with zero attached hydrogens (tertiary/aromatic N) is 6. The molecule has 71 heavy (non-hydrogen) atoms. The van der Waals surface area contributed by atoms with Crippen molar-refractivity contribution in [3.8, 4) is 0 Å². The third-order valence-corrected chi connectivity index (χ3v) is 10.7. The van der Waals surface area contributed by atoms with Gasteiger partial charge in [0.25, 0.3) is 0 Å². The topological polar surface area (TPSA) is 216 Å². The summed E-state index contributed by atoms with van der Waals surface area (Å²) in [5.41, 5.74) is 2.52. The Hall–Kier alpha value is -6.44. The van der Waals surface area contributed by atoms with Crippen LogP contribution in [0.15, 0.2) is 97.2 Å². The molecule has 0 atom stereocenters. The summed E-state index contributed by atoms with van der Waals surface area (Å²) in [4.78, 5) is 113. The van der Waals surface area contributed by atoms with E-state index in [0.717, 1.165) is 0 Å². The normalized spacial score (nSPS) is 10.5. The zero-order chi connectivity index (χ0) is 54.4. The van der Waals surface area contributed by atoms with Crippen molar-refractivity contribution in [2.24, 2.45) is 0 Å². The van der Waals surface area contributed by atoms with Gasteiger partial charge in [-0.3, -0.25) is 38.4 Å². The second-order valence-corrected chi connectivity index (χ2v) is 17.8. The maximum atomic E-state index is 13.6. The predicted octanol–water partition coefficient (Wildman–Crippen LogP) is 1.57. The quantitative estimate of drug-likeness (QED) is 0.0442. The highest BCUT2D eigenvalue weighted by molar-refractivity contribution is 5.96. The fourth-order valence-electron chi connectivity index (χ4n) is 6.53. The van der Waals surface area contributed by atoms with Crippen LogP contribution in [0.2, 0.25) is 0 Å². The van der Waals surface area contributed by atoms with E-state index < -0.39 is 5.91 Å². The van der Waals surface area contributed by atoms with Gasteiger partial charge in [0.2, 0.25) is 47.3 Å². The van der Waals surface area contributed by atoms with Gasteiger partial charge in [-0.25, -0.2) is 0 Å². The minimum Gasteiger partial charge on any atom is -0.351 e. The van der Waals surface area contributed by atoms with Crippen LogP contribution in [0.5, 0.6) is 0 Å². The van der Waals surface area contributed by atoms with Crippen LogP contribution < -0.4 is 26.6 Å². The molecule has 0 radical (unpaired) electrons. The highest BCUT2D eigenvalue weighted by Gasteiger charge is 2.25. The SMILES string of the molecule is C=C(C)C(=O)NCCNCCNCCN(CCN(CCN(CCN(CCN(CCN(CCNCCNC(=O)C(=C)C)C(=O)C(=C)C)C(=O)C(=C)C)C(=O)C(=C)C)C(=O)C(=C)C)C(=O)C(=C)C)C(=O)C(=C)C. The van der Waals surface area contributed by atoms with Gasteiger partial charge in [-0.1, -0.05) is 52.6 Å². The average Bonchev–Trinajstić information content (AvgIpc) is 3.30. The molecule has 0 aromatic rings. The van der Waals surface area contributed by atoms with Gasteiger partial charge in [-0.05, 0) is 55.4 Å². The first kappa shape index (κ1) is 64.6. The summed E-state index contributed by atoms with van der Waals surface area (Å²) in [5.74, 6) is -2.50. The Kier molecular flexibility index (Phi) is 31.6. The number of hydrogen-bond donors (Lipinski definition) is 5. The number of rotatable bonds is 38. The summed E-state index contributed by atoms with van der Waals surface area (Å²) in [7, 11) is 0. The molecule has 0 saturated heterocycles. The minimum atomic E-state index is -0.392. The highest BCUT2D eigenvalue weighted by atomic mass is 16.2. The molecule has 8 amide bonds. The molecule has 0 spiro atoms. The Morgan fingerprint density at radius 3 is 0.606 bits per heavy atom. The number of carbonyl (C=O) groups excluding carboxylic acids is 8. The number of nitrogens with one attached hydrogen (secondary N) is 5. The first-order chi connectivity index (χ1) is 33.2. The third-order valence-electron chi connectivity index (χ3n) is 10.7. The van der Waals surface area contributed by atoms with Crippen LogP contribution in [0.4, 0.5) is 0 Å². The summed E-state index contributed by atoms with van der Waals surface area (Å²) < 4.78 is 0. The lowest BCUT2D eigenvalue weighted by molar-refractivity contribution is -0.134. The second-order valence-electron chi connectivity index (χ2n) is 17.8. The molecule has 5 N–H and O–H groups in total. The smallest absolute Gasteiger partial charge is 0.249 e. The van der Waals surface area contributed by atoms with Crippen molar-refractivity contribution in [3.63, 3.8) is 0 Å². The van der Waals surface area contributed by atoms with E-state index in [0.29, 0.717) is 87.7 Å². The first-order valence-corrected chi connectivity index (χ1v) is 23.9. The van der Waals surface area contributed by atoms with Gasteiger partial charge in [0.05, 0.1) is 0 Å². The molecule has 0 bridgehead atoms. The monoisotopic (exact) mass is 992 g/mol. The molecule has 0 saturated carbocycles. The van der Waals surface area contributed by atoms with E-state index in [1.54, 1.807) is 65.2 Å². The van der Waals surface area contributed by atoms with E-state index in [-0.39, 0.29) is 129 Å². The van der Waals surface area contributed by atoms with Gasteiger partial charge in [-0.2, -0.15) is 0 Å². The largest absolute Gasteiger partial charge is 0.351 e. The van der Waals surface area contributed by atoms with Crippen molar-refractivity contribution in [2.75, 3.05) is 131 Å². The first-order valence-electron chi connectivity index (χ1n) is 23.9. The zero-order valence-corrected chi connectivity index (χ0v) is 44.2. The van der Waals surface area contributed by atoms with E-state index in [1.807, 2.05) is 0 Å². The Morgan fingerprint density at radius 1 is 0.254 bits per heavy atom. The number of hydrogen-bond acceptors (Lipinski definition) is 11. The lowest BCUT2D eigenvalue weighted by atomic mass is 10.2. The Balaban J connectivity index is 6.04. The van der Waals surface area contributed by atoms with Crippen LogP contribution in [-0.4, -0.2) is 208 Å². The molecule has 0 aliphatic carbocycles. The van der Waals surface area contributed by atoms with Crippen molar-refractivity contribution in [1.82, 2.24) is 56.0 Å². The molecular formula is C52H85N11O8. The van der Waals surface area contributed by atoms with Crippen molar-refractivity contribution >= 4 is 47.3 Å². The molecule has 0 aromatic heterocycles. The molecule has 396 valence electrons. The molecule has 0 aromatic carbocycles. The number of amides is 8. The molecule has 0 aliphatic rings. The zero-order valence-electron chi connectivity index (χ0n) is 44.2. The molecule has 0 unspecified atom stereocenters. The van der Waals surface area contributed by atoms with E-state index in [2.05, 4.69) is 79.2 Å². The van der Waals surface area contributed by atoms with Crippen LogP contribution in [-0.2, 0) is 38.4 Å². The van der Waals surface area contributed by atoms with Crippen molar-refractivity contribution in [1.29, 1.82) is 0 Å². The maximum absolute atomic E-state index is 13.6. The lowest BCUT2D eigenvalue weighted by Gasteiger charge is -2.33. The van der Waals surface area contributed by atoms with Gasteiger partial charge in [-0.15, -0.1) is 0 Å². The maximum Gasteiger partial charge on any atom is 0.249 e. The van der Waals surface area contributed by atoms with Crippen LogP contribution in [0.25, 0.3) is 0 Å². The van der Waals surface area contributed by atoms with Gasteiger partial charge >= 0.3 is 0 Å². The highest BCUT2D eigenvalue weighted by Crippen LogP contribution is 2.10. The second kappa shape index (κ2) is 34.8. The summed E-state index contributed by atoms with van der Waals surface area (Å²) in [6.07, 6.45) is 0. The van der Waals surface area contributed by atoms with E-state index in [4.69, 9.17) is 0 Å². The molecule has 19 nitrogen and oxygen atoms in total. The number of carbonyl (C=O) groups is 8. The lowest BCUT2D eigenvalue weighted by Crippen LogP contribution is -2.49. The van der Waals surface area contributed by atoms with E-state index >= 15 is 0 Å². The van der Waals surface area contributed by atoms with Gasteiger partial charge in [0, 0.05) is 175 Å². The third kappa shape index (κ3) is 26.4. The standard InChI is InChI=1S/C52H85N11O8/c1-37(2)45(64)56-21-19-53-17-18-54-23-25-58(47(66)39(5)6)27-29-60(49(68)41(9)10)31-33-62(51(70)43(13)14)35-36-63(52(71)44(15)16)34-32-61(50(69)42(11)12)30-28-59(48(67)40(7)8)26-24-55-20-22-57-46(65)38(3)4/h53-55H,1,3,5,7,9,11,13,15,17-36H2,2,4,6,8,10,12,14,16H3,(H,56,64)(H,57,65). The van der Waals surface area contributed by atoms with Gasteiger partial charge in [0.15, 0.2) is 0 Å². The minimum absolute atomic E-state index is 0.0436.